The summed E-state index contributed by atoms with van der Waals surface area (Å²) in [4.78, 5) is 6.17. The van der Waals surface area contributed by atoms with Crippen LogP contribution in [-0.4, -0.2) is 35.6 Å². The molecule has 0 spiro atoms. The molecule has 1 fully saturated rings. The molecule has 1 aromatic rings. The van der Waals surface area contributed by atoms with Crippen molar-refractivity contribution in [2.24, 2.45) is 0 Å². The summed E-state index contributed by atoms with van der Waals surface area (Å²) >= 11 is 0. The van der Waals surface area contributed by atoms with Gasteiger partial charge < -0.3 is 5.32 Å². The van der Waals surface area contributed by atoms with Gasteiger partial charge in [-0.15, -0.1) is 12.4 Å². The Bertz CT molecular complexity index is 335. The summed E-state index contributed by atoms with van der Waals surface area (Å²) in [5, 5.41) is 3.38. The van der Waals surface area contributed by atoms with Crippen molar-refractivity contribution in [2.75, 3.05) is 19.6 Å². The first-order valence-electron chi connectivity index (χ1n) is 5.29. The topological polar surface area (TPSA) is 28.2 Å². The van der Waals surface area contributed by atoms with E-state index in [2.05, 4.69) is 22.1 Å². The summed E-state index contributed by atoms with van der Waals surface area (Å²) in [5.41, 5.74) is 0.948. The minimum atomic E-state index is -0.254. The fourth-order valence-corrected chi connectivity index (χ4v) is 1.96. The second kappa shape index (κ2) is 6.13. The highest BCUT2D eigenvalue weighted by Gasteiger charge is 2.15. The maximum atomic E-state index is 12.9. The van der Waals surface area contributed by atoms with Crippen LogP contribution < -0.4 is 5.32 Å². The number of nitrogens with zero attached hydrogens (tertiary/aromatic N) is 2. The largest absolute Gasteiger partial charge is 0.312 e. The molecule has 1 unspecified atom stereocenters. The van der Waals surface area contributed by atoms with Crippen molar-refractivity contribution >= 4 is 12.4 Å². The number of nitrogens with one attached hydrogen (secondary N) is 1. The van der Waals surface area contributed by atoms with Crippen molar-refractivity contribution in [3.05, 3.63) is 29.8 Å². The van der Waals surface area contributed by atoms with E-state index in [1.165, 1.54) is 6.20 Å². The molecule has 3 nitrogen and oxygen atoms in total. The van der Waals surface area contributed by atoms with E-state index < -0.39 is 0 Å². The minimum Gasteiger partial charge on any atom is -0.312 e. The van der Waals surface area contributed by atoms with E-state index in [-0.39, 0.29) is 18.2 Å². The Hall–Kier alpha value is -0.710. The molecule has 0 aliphatic carbocycles. The molecule has 1 aromatic heterocycles. The van der Waals surface area contributed by atoms with Gasteiger partial charge in [0, 0.05) is 38.4 Å². The smallest absolute Gasteiger partial charge is 0.141 e. The fraction of sp³-hybridized carbons (Fsp3) is 0.545. The van der Waals surface area contributed by atoms with E-state index in [4.69, 9.17) is 0 Å². The zero-order valence-electron chi connectivity index (χ0n) is 9.32. The number of piperazine rings is 1. The molecule has 0 bridgehead atoms. The summed E-state index contributed by atoms with van der Waals surface area (Å²) in [6, 6.07) is 2.07. The molecule has 0 saturated carbocycles. The number of rotatable bonds is 2. The lowest BCUT2D eigenvalue weighted by atomic mass is 10.2. The first-order valence-corrected chi connectivity index (χ1v) is 5.29. The van der Waals surface area contributed by atoms with Gasteiger partial charge in [0.1, 0.15) is 5.82 Å². The van der Waals surface area contributed by atoms with Crippen molar-refractivity contribution in [3.63, 3.8) is 0 Å². The Labute approximate surface area is 101 Å². The predicted octanol–water partition coefficient (Wildman–Crippen LogP) is 1.44. The molecule has 1 saturated heterocycles. The van der Waals surface area contributed by atoms with Crippen LogP contribution in [0, 0.1) is 5.82 Å². The van der Waals surface area contributed by atoms with Gasteiger partial charge in [-0.25, -0.2) is 4.39 Å². The third-order valence-electron chi connectivity index (χ3n) is 2.62. The van der Waals surface area contributed by atoms with Crippen molar-refractivity contribution in [1.82, 2.24) is 15.2 Å². The zero-order chi connectivity index (χ0) is 10.7. The molecule has 1 aliphatic heterocycles. The van der Waals surface area contributed by atoms with Crippen LogP contribution in [0.2, 0.25) is 0 Å². The number of halogens is 2. The second-order valence-electron chi connectivity index (χ2n) is 4.10. The maximum absolute atomic E-state index is 12.9. The van der Waals surface area contributed by atoms with Gasteiger partial charge >= 0.3 is 0 Å². The highest BCUT2D eigenvalue weighted by molar-refractivity contribution is 5.85. The van der Waals surface area contributed by atoms with E-state index in [0.717, 1.165) is 31.7 Å². The first-order chi connectivity index (χ1) is 7.24. The number of pyridine rings is 1. The molecule has 1 aliphatic rings. The van der Waals surface area contributed by atoms with Crippen molar-refractivity contribution in [3.8, 4) is 0 Å². The number of aromatic nitrogens is 1. The van der Waals surface area contributed by atoms with Gasteiger partial charge in [0.05, 0.1) is 6.20 Å². The van der Waals surface area contributed by atoms with Gasteiger partial charge in [0.15, 0.2) is 0 Å². The number of hydrogen-bond acceptors (Lipinski definition) is 3. The van der Waals surface area contributed by atoms with Gasteiger partial charge in [-0.1, -0.05) is 0 Å². The lowest BCUT2D eigenvalue weighted by Gasteiger charge is -2.31. The summed E-state index contributed by atoms with van der Waals surface area (Å²) in [6.07, 6.45) is 2.97. The average Bonchev–Trinajstić information content (AvgIpc) is 2.17. The van der Waals surface area contributed by atoms with Crippen LogP contribution in [0.25, 0.3) is 0 Å². The van der Waals surface area contributed by atoms with Crippen molar-refractivity contribution < 1.29 is 4.39 Å². The molecule has 0 radical (unpaired) electrons. The highest BCUT2D eigenvalue weighted by atomic mass is 35.5. The molecule has 0 amide bonds. The molecule has 1 atom stereocenters. The van der Waals surface area contributed by atoms with Gasteiger partial charge in [0.2, 0.25) is 0 Å². The Balaban J connectivity index is 0.00000128. The van der Waals surface area contributed by atoms with Crippen LogP contribution >= 0.6 is 12.4 Å². The highest BCUT2D eigenvalue weighted by Crippen LogP contribution is 2.07. The lowest BCUT2D eigenvalue weighted by molar-refractivity contribution is 0.199. The van der Waals surface area contributed by atoms with E-state index >= 15 is 0 Å². The van der Waals surface area contributed by atoms with Crippen LogP contribution in [0.4, 0.5) is 4.39 Å². The standard InChI is InChI=1S/C11H16FN3.ClH/c1-9-7-15(3-2-14-9)8-10-4-11(12)6-13-5-10;/h4-6,9,14H,2-3,7-8H2,1H3;1H. The summed E-state index contributed by atoms with van der Waals surface area (Å²) < 4.78 is 12.9. The van der Waals surface area contributed by atoms with E-state index in [0.29, 0.717) is 6.04 Å². The molecule has 1 N–H and O–H groups in total. The van der Waals surface area contributed by atoms with Crippen molar-refractivity contribution in [1.29, 1.82) is 0 Å². The van der Waals surface area contributed by atoms with E-state index in [1.54, 1.807) is 12.3 Å². The fourth-order valence-electron chi connectivity index (χ4n) is 1.96. The van der Waals surface area contributed by atoms with Crippen LogP contribution in [0.1, 0.15) is 12.5 Å². The van der Waals surface area contributed by atoms with Crippen LogP contribution in [-0.2, 0) is 6.54 Å². The minimum absolute atomic E-state index is 0. The van der Waals surface area contributed by atoms with Gasteiger partial charge in [-0.05, 0) is 18.6 Å². The van der Waals surface area contributed by atoms with Gasteiger partial charge in [-0.3, -0.25) is 9.88 Å². The molecule has 16 heavy (non-hydrogen) atoms. The Kier molecular flexibility index (Phi) is 5.12. The zero-order valence-corrected chi connectivity index (χ0v) is 10.1. The molecule has 2 rings (SSSR count). The third-order valence-corrected chi connectivity index (χ3v) is 2.62. The second-order valence-corrected chi connectivity index (χ2v) is 4.10. The Morgan fingerprint density at radius 1 is 1.56 bits per heavy atom. The van der Waals surface area contributed by atoms with Crippen LogP contribution in [0.5, 0.6) is 0 Å². The number of hydrogen-bond donors (Lipinski definition) is 1. The molecule has 90 valence electrons. The first kappa shape index (κ1) is 13.4. The summed E-state index contributed by atoms with van der Waals surface area (Å²) in [6.45, 7) is 5.98. The van der Waals surface area contributed by atoms with E-state index in [9.17, 15) is 4.39 Å². The van der Waals surface area contributed by atoms with E-state index in [1.807, 2.05) is 0 Å². The van der Waals surface area contributed by atoms with Gasteiger partial charge in [0.25, 0.3) is 0 Å². The molecule has 0 aromatic carbocycles. The molecule has 2 heterocycles. The van der Waals surface area contributed by atoms with Crippen molar-refractivity contribution in [2.45, 2.75) is 19.5 Å². The van der Waals surface area contributed by atoms with Gasteiger partial charge in [-0.2, -0.15) is 0 Å². The Morgan fingerprint density at radius 2 is 2.38 bits per heavy atom. The molecule has 5 heteroatoms. The molecular formula is C11H17ClFN3. The maximum Gasteiger partial charge on any atom is 0.141 e. The predicted molar refractivity (Wildman–Crippen MR) is 64.2 cm³/mol. The average molecular weight is 246 g/mol. The quantitative estimate of drug-likeness (QED) is 0.855. The normalized spacial score (nSPS) is 21.5. The molecular weight excluding hydrogens is 229 g/mol. The lowest BCUT2D eigenvalue weighted by Crippen LogP contribution is -2.48. The monoisotopic (exact) mass is 245 g/mol. The Morgan fingerprint density at radius 3 is 3.06 bits per heavy atom. The summed E-state index contributed by atoms with van der Waals surface area (Å²) in [7, 11) is 0. The van der Waals surface area contributed by atoms with Crippen LogP contribution in [0.3, 0.4) is 0 Å². The summed E-state index contributed by atoms with van der Waals surface area (Å²) in [5.74, 6) is -0.254. The van der Waals surface area contributed by atoms with Crippen LogP contribution in [0.15, 0.2) is 18.5 Å². The SMILES string of the molecule is CC1CN(Cc2cncc(F)c2)CCN1.Cl. The third kappa shape index (κ3) is 3.70.